The molecule has 1 aromatic carbocycles. The molecule has 2 rings (SSSR count). The summed E-state index contributed by atoms with van der Waals surface area (Å²) in [6.07, 6.45) is 0.546. The maximum absolute atomic E-state index is 12.2. The number of carbonyl (C=O) groups is 4. The molecule has 134 valence electrons. The Balaban J connectivity index is 2.15. The smallest absolute Gasteiger partial charge is 0.337 e. The van der Waals surface area contributed by atoms with Crippen LogP contribution in [-0.2, 0) is 23.8 Å². The Labute approximate surface area is 144 Å². The summed E-state index contributed by atoms with van der Waals surface area (Å²) in [4.78, 5) is 47.2. The molecule has 0 spiro atoms. The van der Waals surface area contributed by atoms with Crippen molar-refractivity contribution in [2.75, 3.05) is 19.5 Å². The molecule has 1 fully saturated rings. The van der Waals surface area contributed by atoms with Crippen LogP contribution in [0.5, 0.6) is 0 Å². The second kappa shape index (κ2) is 7.78. The average molecular weight is 349 g/mol. The predicted octanol–water partition coefficient (Wildman–Crippen LogP) is 1.54. The SMILES string of the molecule is COC(=O)c1cc(NC(=O)[C@H](C)OC(=O)C2CC2)cc(C(=O)OC)c1. The van der Waals surface area contributed by atoms with E-state index in [4.69, 9.17) is 4.74 Å². The van der Waals surface area contributed by atoms with Crippen LogP contribution >= 0.6 is 0 Å². The van der Waals surface area contributed by atoms with Crippen LogP contribution < -0.4 is 5.32 Å². The van der Waals surface area contributed by atoms with Gasteiger partial charge in [-0.15, -0.1) is 0 Å². The number of carbonyl (C=O) groups excluding carboxylic acids is 4. The van der Waals surface area contributed by atoms with Gasteiger partial charge in [0.25, 0.3) is 5.91 Å². The van der Waals surface area contributed by atoms with E-state index in [1.54, 1.807) is 0 Å². The standard InChI is InChI=1S/C17H19NO7/c1-9(25-17(22)10-4-5-10)14(19)18-13-7-11(15(20)23-2)6-12(8-13)16(21)24-3/h6-10H,4-5H2,1-3H3,(H,18,19)/t9-/m0/s1. The molecule has 8 heteroatoms. The van der Waals surface area contributed by atoms with E-state index in [0.29, 0.717) is 0 Å². The predicted molar refractivity (Wildman–Crippen MR) is 86.0 cm³/mol. The summed E-state index contributed by atoms with van der Waals surface area (Å²) in [6, 6.07) is 4.00. The van der Waals surface area contributed by atoms with Gasteiger partial charge in [-0.25, -0.2) is 9.59 Å². The van der Waals surface area contributed by atoms with Crippen LogP contribution in [0.25, 0.3) is 0 Å². The molecule has 1 saturated carbocycles. The van der Waals surface area contributed by atoms with E-state index in [0.717, 1.165) is 12.8 Å². The maximum atomic E-state index is 12.2. The fourth-order valence-electron chi connectivity index (χ4n) is 2.06. The van der Waals surface area contributed by atoms with Crippen LogP contribution in [0.2, 0.25) is 0 Å². The lowest BCUT2D eigenvalue weighted by Gasteiger charge is -2.14. The molecular weight excluding hydrogens is 330 g/mol. The van der Waals surface area contributed by atoms with E-state index in [1.807, 2.05) is 0 Å². The number of nitrogens with one attached hydrogen (secondary N) is 1. The van der Waals surface area contributed by atoms with Gasteiger partial charge in [0.2, 0.25) is 0 Å². The number of hydrogen-bond donors (Lipinski definition) is 1. The Kier molecular flexibility index (Phi) is 5.74. The van der Waals surface area contributed by atoms with Crippen molar-refractivity contribution in [1.29, 1.82) is 0 Å². The summed E-state index contributed by atoms with van der Waals surface area (Å²) in [5, 5.41) is 2.51. The number of amides is 1. The van der Waals surface area contributed by atoms with Crippen molar-refractivity contribution in [3.8, 4) is 0 Å². The molecule has 1 atom stereocenters. The zero-order valence-electron chi connectivity index (χ0n) is 14.2. The molecule has 0 aromatic heterocycles. The molecule has 0 heterocycles. The Hall–Kier alpha value is -2.90. The molecule has 0 aliphatic heterocycles. The van der Waals surface area contributed by atoms with Gasteiger partial charge in [-0.3, -0.25) is 9.59 Å². The van der Waals surface area contributed by atoms with Crippen molar-refractivity contribution >= 4 is 29.5 Å². The van der Waals surface area contributed by atoms with E-state index >= 15 is 0 Å². The van der Waals surface area contributed by atoms with Crippen molar-refractivity contribution < 1.29 is 33.4 Å². The summed E-state index contributed by atoms with van der Waals surface area (Å²) in [6.45, 7) is 1.45. The summed E-state index contributed by atoms with van der Waals surface area (Å²) < 4.78 is 14.3. The fraction of sp³-hybridized carbons (Fsp3) is 0.412. The number of benzene rings is 1. The van der Waals surface area contributed by atoms with Crippen molar-refractivity contribution in [2.24, 2.45) is 5.92 Å². The van der Waals surface area contributed by atoms with Crippen LogP contribution in [0.1, 0.15) is 40.5 Å². The number of ether oxygens (including phenoxy) is 3. The summed E-state index contributed by atoms with van der Waals surface area (Å²) in [7, 11) is 2.40. The molecule has 1 aromatic rings. The highest BCUT2D eigenvalue weighted by atomic mass is 16.5. The minimum atomic E-state index is -1.00. The first-order valence-electron chi connectivity index (χ1n) is 7.68. The number of esters is 3. The summed E-state index contributed by atoms with van der Waals surface area (Å²) in [5.41, 5.74) is 0.328. The zero-order chi connectivity index (χ0) is 18.6. The van der Waals surface area contributed by atoms with Crippen molar-refractivity contribution in [3.63, 3.8) is 0 Å². The van der Waals surface area contributed by atoms with Gasteiger partial charge in [0.1, 0.15) is 0 Å². The quantitative estimate of drug-likeness (QED) is 0.613. The van der Waals surface area contributed by atoms with Gasteiger partial charge < -0.3 is 19.5 Å². The number of anilines is 1. The third-order valence-electron chi connectivity index (χ3n) is 3.62. The minimum Gasteiger partial charge on any atom is -0.465 e. The summed E-state index contributed by atoms with van der Waals surface area (Å²) >= 11 is 0. The van der Waals surface area contributed by atoms with Crippen molar-refractivity contribution in [1.82, 2.24) is 0 Å². The largest absolute Gasteiger partial charge is 0.465 e. The topological polar surface area (TPSA) is 108 Å². The van der Waals surface area contributed by atoms with Crippen molar-refractivity contribution in [2.45, 2.75) is 25.9 Å². The van der Waals surface area contributed by atoms with Gasteiger partial charge in [0.05, 0.1) is 31.3 Å². The first kappa shape index (κ1) is 18.4. The van der Waals surface area contributed by atoms with Gasteiger partial charge in [0, 0.05) is 5.69 Å². The van der Waals surface area contributed by atoms with Gasteiger partial charge in [-0.1, -0.05) is 0 Å². The second-order valence-electron chi connectivity index (χ2n) is 5.62. The normalized spacial score (nSPS) is 14.2. The highest BCUT2D eigenvalue weighted by Crippen LogP contribution is 2.30. The molecule has 25 heavy (non-hydrogen) atoms. The molecule has 1 amide bonds. The molecule has 0 bridgehead atoms. The second-order valence-corrected chi connectivity index (χ2v) is 5.62. The lowest BCUT2D eigenvalue weighted by molar-refractivity contribution is -0.154. The zero-order valence-corrected chi connectivity index (χ0v) is 14.2. The lowest BCUT2D eigenvalue weighted by atomic mass is 10.1. The molecule has 1 aliphatic carbocycles. The molecule has 1 N–H and O–H groups in total. The molecule has 0 radical (unpaired) electrons. The minimum absolute atomic E-state index is 0.0725. The molecule has 0 saturated heterocycles. The van der Waals surface area contributed by atoms with Crippen LogP contribution in [0.3, 0.4) is 0 Å². The van der Waals surface area contributed by atoms with Crippen LogP contribution in [-0.4, -0.2) is 44.1 Å². The molecule has 1 aliphatic rings. The first-order chi connectivity index (χ1) is 11.8. The van der Waals surface area contributed by atoms with E-state index in [9.17, 15) is 19.2 Å². The lowest BCUT2D eigenvalue weighted by Crippen LogP contribution is -2.30. The van der Waals surface area contributed by atoms with Crippen LogP contribution in [0, 0.1) is 5.92 Å². The first-order valence-corrected chi connectivity index (χ1v) is 7.68. The summed E-state index contributed by atoms with van der Waals surface area (Å²) in [5.74, 6) is -2.44. The van der Waals surface area contributed by atoms with Gasteiger partial charge in [-0.05, 0) is 38.0 Å². The number of hydrogen-bond acceptors (Lipinski definition) is 7. The van der Waals surface area contributed by atoms with Crippen molar-refractivity contribution in [3.05, 3.63) is 29.3 Å². The maximum Gasteiger partial charge on any atom is 0.337 e. The van der Waals surface area contributed by atoms with E-state index in [2.05, 4.69) is 14.8 Å². The Bertz CT molecular complexity index is 675. The molecule has 8 nitrogen and oxygen atoms in total. The Morgan fingerprint density at radius 3 is 1.96 bits per heavy atom. The Morgan fingerprint density at radius 1 is 1.00 bits per heavy atom. The third-order valence-corrected chi connectivity index (χ3v) is 3.62. The van der Waals surface area contributed by atoms with Gasteiger partial charge in [0.15, 0.2) is 6.10 Å². The highest BCUT2D eigenvalue weighted by molar-refractivity contribution is 6.00. The van der Waals surface area contributed by atoms with Crippen LogP contribution in [0.4, 0.5) is 5.69 Å². The van der Waals surface area contributed by atoms with E-state index < -0.39 is 29.9 Å². The monoisotopic (exact) mass is 349 g/mol. The average Bonchev–Trinajstić information content (AvgIpc) is 3.44. The van der Waals surface area contributed by atoms with Gasteiger partial charge >= 0.3 is 17.9 Å². The fourth-order valence-corrected chi connectivity index (χ4v) is 2.06. The molecular formula is C17H19NO7. The third kappa shape index (κ3) is 4.79. The highest BCUT2D eigenvalue weighted by Gasteiger charge is 2.33. The van der Waals surface area contributed by atoms with E-state index in [-0.39, 0.29) is 22.7 Å². The van der Waals surface area contributed by atoms with Gasteiger partial charge in [-0.2, -0.15) is 0 Å². The molecule has 0 unspecified atom stereocenters. The Morgan fingerprint density at radius 2 is 1.52 bits per heavy atom. The van der Waals surface area contributed by atoms with Crippen LogP contribution in [0.15, 0.2) is 18.2 Å². The number of rotatable bonds is 6. The number of methoxy groups -OCH3 is 2. The van der Waals surface area contributed by atoms with E-state index in [1.165, 1.54) is 39.3 Å².